The van der Waals surface area contributed by atoms with Gasteiger partial charge in [0.15, 0.2) is 12.5 Å². The van der Waals surface area contributed by atoms with E-state index in [1.54, 1.807) is 0 Å². The third-order valence-corrected chi connectivity index (χ3v) is 6.34. The Morgan fingerprint density at radius 1 is 1.17 bits per heavy atom. The fraction of sp³-hybridized carbons (Fsp3) is 0.391. The van der Waals surface area contributed by atoms with Crippen molar-refractivity contribution in [2.24, 2.45) is 7.05 Å². The Hall–Kier alpha value is -2.44. The predicted molar refractivity (Wildman–Crippen MR) is 118 cm³/mol. The number of likely N-dealkylation sites (tertiary alicyclic amines) is 1. The molecule has 2 heterocycles. The van der Waals surface area contributed by atoms with Crippen LogP contribution in [0.5, 0.6) is 5.75 Å². The maximum absolute atomic E-state index is 5.73. The average molecular weight is 410 g/mol. The van der Waals surface area contributed by atoms with Gasteiger partial charge in [-0.2, -0.15) is 4.68 Å². The summed E-state index contributed by atoms with van der Waals surface area (Å²) in [6, 6.07) is 17.4. The molecule has 0 radical (unpaired) electrons. The highest BCUT2D eigenvalue weighted by molar-refractivity contribution is 7.71. The van der Waals surface area contributed by atoms with Crippen molar-refractivity contribution in [2.75, 3.05) is 13.2 Å². The second kappa shape index (κ2) is 8.51. The van der Waals surface area contributed by atoms with E-state index in [0.29, 0.717) is 12.6 Å². The molecular formula is C23H29N4OS+. The first-order chi connectivity index (χ1) is 14.1. The van der Waals surface area contributed by atoms with Crippen LogP contribution in [0.2, 0.25) is 0 Å². The number of nitrogens with zero attached hydrogens (tertiary/aromatic N) is 3. The highest BCUT2D eigenvalue weighted by Crippen LogP contribution is 2.23. The molecule has 0 spiro atoms. The van der Waals surface area contributed by atoms with Crippen LogP contribution in [0.4, 0.5) is 0 Å². The maximum Gasteiger partial charge on any atom is 0.202 e. The Kier molecular flexibility index (Phi) is 5.83. The number of aryl methyl sites for hydroxylation is 1. The molecule has 1 N–H and O–H groups in total. The number of quaternary nitrogens is 1. The molecule has 1 aromatic heterocycles. The predicted octanol–water partition coefficient (Wildman–Crippen LogP) is 3.70. The summed E-state index contributed by atoms with van der Waals surface area (Å²) < 4.78 is 10.4. The molecule has 152 valence electrons. The van der Waals surface area contributed by atoms with E-state index in [0.717, 1.165) is 35.1 Å². The van der Waals surface area contributed by atoms with E-state index < -0.39 is 0 Å². The lowest BCUT2D eigenvalue weighted by Gasteiger charge is -2.21. The second-order valence-electron chi connectivity index (χ2n) is 7.74. The van der Waals surface area contributed by atoms with Gasteiger partial charge in [0, 0.05) is 31.0 Å². The minimum Gasteiger partial charge on any atom is -0.494 e. The van der Waals surface area contributed by atoms with Crippen molar-refractivity contribution in [1.82, 2.24) is 14.3 Å². The summed E-state index contributed by atoms with van der Waals surface area (Å²) in [7, 11) is 2.01. The lowest BCUT2D eigenvalue weighted by atomic mass is 10.0. The van der Waals surface area contributed by atoms with E-state index in [4.69, 9.17) is 22.1 Å². The van der Waals surface area contributed by atoms with E-state index in [9.17, 15) is 0 Å². The van der Waals surface area contributed by atoms with Crippen LogP contribution < -0.4 is 9.64 Å². The van der Waals surface area contributed by atoms with Gasteiger partial charge < -0.3 is 14.2 Å². The first-order valence-electron chi connectivity index (χ1n) is 10.4. The summed E-state index contributed by atoms with van der Waals surface area (Å²) >= 11 is 5.73. The number of hydrogen-bond acceptors (Lipinski definition) is 3. The molecular weight excluding hydrogens is 380 g/mol. The third-order valence-electron chi connectivity index (χ3n) is 5.86. The molecule has 1 aliphatic rings. The van der Waals surface area contributed by atoms with E-state index >= 15 is 0 Å². The van der Waals surface area contributed by atoms with Gasteiger partial charge in [0.1, 0.15) is 11.8 Å². The van der Waals surface area contributed by atoms with Crippen LogP contribution in [0.1, 0.15) is 36.9 Å². The van der Waals surface area contributed by atoms with Crippen molar-refractivity contribution in [1.29, 1.82) is 0 Å². The molecule has 1 fully saturated rings. The highest BCUT2D eigenvalue weighted by Gasteiger charge is 2.31. The van der Waals surface area contributed by atoms with Crippen LogP contribution in [-0.4, -0.2) is 27.5 Å². The molecule has 3 aromatic rings. The molecule has 1 unspecified atom stereocenters. The van der Waals surface area contributed by atoms with Crippen molar-refractivity contribution >= 4 is 12.2 Å². The molecule has 6 heteroatoms. The van der Waals surface area contributed by atoms with Gasteiger partial charge in [-0.15, -0.1) is 5.10 Å². The molecule has 0 bridgehead atoms. The van der Waals surface area contributed by atoms with Gasteiger partial charge in [0.25, 0.3) is 0 Å². The summed E-state index contributed by atoms with van der Waals surface area (Å²) in [4.78, 5) is 1.51. The molecule has 29 heavy (non-hydrogen) atoms. The Morgan fingerprint density at radius 2 is 1.93 bits per heavy atom. The number of hydrogen-bond donors (Lipinski definition) is 1. The van der Waals surface area contributed by atoms with Crippen LogP contribution in [0.25, 0.3) is 11.4 Å². The summed E-state index contributed by atoms with van der Waals surface area (Å²) in [6.07, 6.45) is 2.41. The number of benzene rings is 2. The van der Waals surface area contributed by atoms with E-state index in [-0.39, 0.29) is 0 Å². The monoisotopic (exact) mass is 409 g/mol. The summed E-state index contributed by atoms with van der Waals surface area (Å²) in [6.45, 7) is 6.75. The molecule has 2 aromatic carbocycles. The normalized spacial score (nSPS) is 18.9. The van der Waals surface area contributed by atoms with Crippen LogP contribution in [-0.2, 0) is 13.7 Å². The van der Waals surface area contributed by atoms with E-state index in [1.807, 2.05) is 23.2 Å². The third kappa shape index (κ3) is 4.00. The lowest BCUT2D eigenvalue weighted by molar-refractivity contribution is -0.941. The van der Waals surface area contributed by atoms with Gasteiger partial charge in [0.2, 0.25) is 4.77 Å². The van der Waals surface area contributed by atoms with Gasteiger partial charge in [-0.1, -0.05) is 24.3 Å². The summed E-state index contributed by atoms with van der Waals surface area (Å²) in [5.74, 6) is 1.87. The molecule has 0 aliphatic carbocycles. The van der Waals surface area contributed by atoms with E-state index in [1.165, 1.54) is 28.9 Å². The zero-order chi connectivity index (χ0) is 20.4. The van der Waals surface area contributed by atoms with Crippen LogP contribution in [0, 0.1) is 11.7 Å². The fourth-order valence-electron chi connectivity index (χ4n) is 4.31. The van der Waals surface area contributed by atoms with Gasteiger partial charge in [0.05, 0.1) is 13.2 Å². The summed E-state index contributed by atoms with van der Waals surface area (Å²) in [5, 5.41) is 4.91. The Morgan fingerprint density at radius 3 is 2.66 bits per heavy atom. The molecule has 2 atom stereocenters. The largest absolute Gasteiger partial charge is 0.494 e. The van der Waals surface area contributed by atoms with Crippen LogP contribution in [0.3, 0.4) is 0 Å². The van der Waals surface area contributed by atoms with Crippen molar-refractivity contribution < 1.29 is 9.64 Å². The maximum atomic E-state index is 5.73. The SMILES string of the molecule is CCOc1ccc([C@H]2CCC[NH+]2Cn2nc(-c3ccccc3C)n(C)c2=S)cc1. The zero-order valence-corrected chi connectivity index (χ0v) is 18.2. The first kappa shape index (κ1) is 19.9. The molecule has 1 aliphatic heterocycles. The quantitative estimate of drug-likeness (QED) is 0.631. The molecule has 4 rings (SSSR count). The van der Waals surface area contributed by atoms with Gasteiger partial charge in [-0.05, 0) is 55.9 Å². The number of nitrogens with one attached hydrogen (secondary N) is 1. The fourth-order valence-corrected chi connectivity index (χ4v) is 4.50. The Bertz CT molecular complexity index is 1040. The minimum atomic E-state index is 0.469. The van der Waals surface area contributed by atoms with Crippen LogP contribution >= 0.6 is 12.2 Å². The minimum absolute atomic E-state index is 0.469. The Balaban J connectivity index is 1.58. The van der Waals surface area contributed by atoms with Gasteiger partial charge in [-0.3, -0.25) is 0 Å². The number of rotatable bonds is 6. The average Bonchev–Trinajstić information content (AvgIpc) is 3.30. The van der Waals surface area contributed by atoms with Crippen molar-refractivity contribution in [3.8, 4) is 17.1 Å². The van der Waals surface area contributed by atoms with Crippen molar-refractivity contribution in [2.45, 2.75) is 39.4 Å². The molecule has 0 amide bonds. The number of aromatic nitrogens is 3. The molecule has 5 nitrogen and oxygen atoms in total. The summed E-state index contributed by atoms with van der Waals surface area (Å²) in [5.41, 5.74) is 3.71. The van der Waals surface area contributed by atoms with Crippen molar-refractivity contribution in [3.63, 3.8) is 0 Å². The Labute approximate surface area is 177 Å². The molecule has 1 saturated heterocycles. The topological polar surface area (TPSA) is 36.4 Å². The second-order valence-corrected chi connectivity index (χ2v) is 8.11. The van der Waals surface area contributed by atoms with Crippen molar-refractivity contribution in [3.05, 3.63) is 64.4 Å². The standard InChI is InChI=1S/C23H28N4OS/c1-4-28-19-13-11-18(12-14-19)21-10-7-15-26(21)16-27-23(29)25(3)22(24-27)20-9-6-5-8-17(20)2/h5-6,8-9,11-14,21H,4,7,10,15-16H2,1-3H3/p+1/t21-/m1/s1. The molecule has 0 saturated carbocycles. The number of ether oxygens (including phenoxy) is 1. The lowest BCUT2D eigenvalue weighted by Crippen LogP contribution is -3.09. The zero-order valence-electron chi connectivity index (χ0n) is 17.4. The van der Waals surface area contributed by atoms with Gasteiger partial charge in [-0.25, -0.2) is 0 Å². The smallest absolute Gasteiger partial charge is 0.202 e. The van der Waals surface area contributed by atoms with Crippen LogP contribution in [0.15, 0.2) is 48.5 Å². The highest BCUT2D eigenvalue weighted by atomic mass is 32.1. The van der Waals surface area contributed by atoms with Gasteiger partial charge >= 0.3 is 0 Å². The van der Waals surface area contributed by atoms with E-state index in [2.05, 4.69) is 55.5 Å². The first-order valence-corrected chi connectivity index (χ1v) is 10.8.